The third-order valence-electron chi connectivity index (χ3n) is 2.16. The molecule has 0 saturated heterocycles. The summed E-state index contributed by atoms with van der Waals surface area (Å²) >= 11 is 0. The van der Waals surface area contributed by atoms with Gasteiger partial charge in [-0.25, -0.2) is 0 Å². The van der Waals surface area contributed by atoms with E-state index in [9.17, 15) is 0 Å². The molecule has 0 aromatic heterocycles. The van der Waals surface area contributed by atoms with Crippen molar-refractivity contribution < 1.29 is 0 Å². The average molecular weight is 168 g/mol. The zero-order chi connectivity index (χ0) is 9.72. The van der Waals surface area contributed by atoms with E-state index in [1.54, 1.807) is 11.1 Å². The zero-order valence-corrected chi connectivity index (χ0v) is 9.57. The Morgan fingerprint density at radius 3 is 1.17 bits per heavy atom. The van der Waals surface area contributed by atoms with Crippen LogP contribution in [0.25, 0.3) is 0 Å². The summed E-state index contributed by atoms with van der Waals surface area (Å²) in [6.07, 6.45) is 2.52. The molecule has 0 saturated carbocycles. The van der Waals surface area contributed by atoms with Crippen molar-refractivity contribution in [1.29, 1.82) is 0 Å². The minimum absolute atomic E-state index is 0.798. The standard InChI is InChI=1S/C12H24/c1-9(2)7-11(5)12(6)8-10(3)4/h9-10H,7-8H2,1-6H3/b12-11-. The first kappa shape index (κ1) is 11.7. The van der Waals surface area contributed by atoms with Gasteiger partial charge in [-0.2, -0.15) is 0 Å². The van der Waals surface area contributed by atoms with E-state index in [-0.39, 0.29) is 0 Å². The van der Waals surface area contributed by atoms with Crippen LogP contribution in [-0.4, -0.2) is 0 Å². The zero-order valence-electron chi connectivity index (χ0n) is 9.57. The minimum atomic E-state index is 0.798. The molecule has 0 aliphatic rings. The lowest BCUT2D eigenvalue weighted by Crippen LogP contribution is -1.95. The van der Waals surface area contributed by atoms with Gasteiger partial charge in [0.15, 0.2) is 0 Å². The molecule has 12 heavy (non-hydrogen) atoms. The molecule has 0 aliphatic heterocycles. The van der Waals surface area contributed by atoms with Crippen molar-refractivity contribution >= 4 is 0 Å². The first-order valence-electron chi connectivity index (χ1n) is 5.08. The Morgan fingerprint density at radius 1 is 0.750 bits per heavy atom. The van der Waals surface area contributed by atoms with Crippen LogP contribution < -0.4 is 0 Å². The molecule has 0 atom stereocenters. The van der Waals surface area contributed by atoms with Crippen molar-refractivity contribution in [3.8, 4) is 0 Å². The van der Waals surface area contributed by atoms with Crippen LogP contribution in [0.5, 0.6) is 0 Å². The van der Waals surface area contributed by atoms with E-state index >= 15 is 0 Å². The molecule has 0 nitrogen and oxygen atoms in total. The van der Waals surface area contributed by atoms with Gasteiger partial charge in [0.25, 0.3) is 0 Å². The van der Waals surface area contributed by atoms with Crippen LogP contribution in [-0.2, 0) is 0 Å². The highest BCUT2D eigenvalue weighted by Crippen LogP contribution is 2.19. The van der Waals surface area contributed by atoms with E-state index in [1.165, 1.54) is 12.8 Å². The first-order valence-corrected chi connectivity index (χ1v) is 5.08. The van der Waals surface area contributed by atoms with Gasteiger partial charge < -0.3 is 0 Å². The summed E-state index contributed by atoms with van der Waals surface area (Å²) in [6.45, 7) is 13.7. The third-order valence-corrected chi connectivity index (χ3v) is 2.16. The molecule has 0 bridgehead atoms. The second-order valence-electron chi connectivity index (χ2n) is 4.76. The molecule has 0 unspecified atom stereocenters. The Bertz CT molecular complexity index is 131. The van der Waals surface area contributed by atoms with E-state index in [1.807, 2.05) is 0 Å². The molecule has 0 spiro atoms. The molecule has 0 amide bonds. The van der Waals surface area contributed by atoms with Crippen LogP contribution in [0.1, 0.15) is 54.4 Å². The second kappa shape index (κ2) is 5.40. The summed E-state index contributed by atoms with van der Waals surface area (Å²) in [5.74, 6) is 1.60. The molecule has 0 rings (SSSR count). The van der Waals surface area contributed by atoms with Gasteiger partial charge in [0.2, 0.25) is 0 Å². The molecule has 0 heteroatoms. The van der Waals surface area contributed by atoms with Gasteiger partial charge in [-0.3, -0.25) is 0 Å². The molecular weight excluding hydrogens is 144 g/mol. The summed E-state index contributed by atoms with van der Waals surface area (Å²) in [5, 5.41) is 0. The van der Waals surface area contributed by atoms with Gasteiger partial charge in [-0.15, -0.1) is 0 Å². The third kappa shape index (κ3) is 5.40. The highest BCUT2D eigenvalue weighted by atomic mass is 14.1. The van der Waals surface area contributed by atoms with Gasteiger partial charge in [-0.1, -0.05) is 38.8 Å². The predicted octanol–water partition coefficient (Wildman–Crippen LogP) is 4.42. The highest BCUT2D eigenvalue weighted by molar-refractivity contribution is 5.10. The molecule has 0 fully saturated rings. The molecule has 0 heterocycles. The number of rotatable bonds is 4. The van der Waals surface area contributed by atoms with Crippen LogP contribution in [0.3, 0.4) is 0 Å². The summed E-state index contributed by atoms with van der Waals surface area (Å²) in [7, 11) is 0. The van der Waals surface area contributed by atoms with Crippen LogP contribution in [0.2, 0.25) is 0 Å². The predicted molar refractivity (Wildman–Crippen MR) is 57.3 cm³/mol. The minimum Gasteiger partial charge on any atom is -0.0741 e. The number of hydrogen-bond donors (Lipinski definition) is 0. The lowest BCUT2D eigenvalue weighted by molar-refractivity contribution is 0.608. The highest BCUT2D eigenvalue weighted by Gasteiger charge is 2.02. The fourth-order valence-corrected chi connectivity index (χ4v) is 1.57. The number of allylic oxidation sites excluding steroid dienone is 2. The van der Waals surface area contributed by atoms with Gasteiger partial charge >= 0.3 is 0 Å². The van der Waals surface area contributed by atoms with E-state index in [0.717, 1.165) is 11.8 Å². The van der Waals surface area contributed by atoms with Crippen LogP contribution in [0, 0.1) is 11.8 Å². The van der Waals surface area contributed by atoms with E-state index in [2.05, 4.69) is 41.5 Å². The Balaban J connectivity index is 4.06. The van der Waals surface area contributed by atoms with Crippen molar-refractivity contribution in [3.63, 3.8) is 0 Å². The number of hydrogen-bond acceptors (Lipinski definition) is 0. The Hall–Kier alpha value is -0.260. The Kier molecular flexibility index (Phi) is 5.28. The van der Waals surface area contributed by atoms with Crippen molar-refractivity contribution in [2.75, 3.05) is 0 Å². The van der Waals surface area contributed by atoms with E-state index in [0.29, 0.717) is 0 Å². The van der Waals surface area contributed by atoms with Gasteiger partial charge in [-0.05, 0) is 38.5 Å². The molecule has 0 aromatic rings. The Labute approximate surface area is 78.1 Å². The fraction of sp³-hybridized carbons (Fsp3) is 0.833. The van der Waals surface area contributed by atoms with Crippen molar-refractivity contribution in [2.45, 2.75) is 54.4 Å². The lowest BCUT2D eigenvalue weighted by atomic mass is 9.95. The summed E-state index contributed by atoms with van der Waals surface area (Å²) < 4.78 is 0. The maximum absolute atomic E-state index is 2.28. The van der Waals surface area contributed by atoms with E-state index < -0.39 is 0 Å². The molecule has 0 aromatic carbocycles. The maximum Gasteiger partial charge on any atom is -0.0297 e. The van der Waals surface area contributed by atoms with Gasteiger partial charge in [0.05, 0.1) is 0 Å². The normalized spacial score (nSPS) is 14.0. The maximum atomic E-state index is 2.28. The monoisotopic (exact) mass is 168 g/mol. The van der Waals surface area contributed by atoms with Crippen LogP contribution >= 0.6 is 0 Å². The molecule has 0 aliphatic carbocycles. The quantitative estimate of drug-likeness (QED) is 0.545. The molecule has 0 radical (unpaired) electrons. The largest absolute Gasteiger partial charge is 0.0741 e. The van der Waals surface area contributed by atoms with Crippen molar-refractivity contribution in [3.05, 3.63) is 11.1 Å². The summed E-state index contributed by atoms with van der Waals surface area (Å²) in [4.78, 5) is 0. The Morgan fingerprint density at radius 2 is 1.00 bits per heavy atom. The van der Waals surface area contributed by atoms with Crippen molar-refractivity contribution in [1.82, 2.24) is 0 Å². The summed E-state index contributed by atoms with van der Waals surface area (Å²) in [6, 6.07) is 0. The van der Waals surface area contributed by atoms with Crippen LogP contribution in [0.4, 0.5) is 0 Å². The van der Waals surface area contributed by atoms with Gasteiger partial charge in [0.1, 0.15) is 0 Å². The lowest BCUT2D eigenvalue weighted by Gasteiger charge is -2.11. The van der Waals surface area contributed by atoms with Crippen molar-refractivity contribution in [2.24, 2.45) is 11.8 Å². The smallest absolute Gasteiger partial charge is 0.0297 e. The molecule has 72 valence electrons. The summed E-state index contributed by atoms with van der Waals surface area (Å²) in [5.41, 5.74) is 3.19. The van der Waals surface area contributed by atoms with E-state index in [4.69, 9.17) is 0 Å². The molecular formula is C12H24. The van der Waals surface area contributed by atoms with Gasteiger partial charge in [0, 0.05) is 0 Å². The van der Waals surface area contributed by atoms with Crippen LogP contribution in [0.15, 0.2) is 11.1 Å². The molecule has 0 N–H and O–H groups in total. The first-order chi connectivity index (χ1) is 5.43. The topological polar surface area (TPSA) is 0 Å². The second-order valence-corrected chi connectivity index (χ2v) is 4.76. The SMILES string of the molecule is C/C(CC(C)C)=C(\C)CC(C)C. The average Bonchev–Trinajstić information content (AvgIpc) is 1.84. The fourth-order valence-electron chi connectivity index (χ4n) is 1.57.